The number of alkyl halides is 3. The molecule has 1 heterocycles. The van der Waals surface area contributed by atoms with Crippen molar-refractivity contribution in [3.05, 3.63) is 52.3 Å². The Balaban J connectivity index is 2.24. The van der Waals surface area contributed by atoms with Gasteiger partial charge < -0.3 is 4.90 Å². The Morgan fingerprint density at radius 2 is 1.93 bits per heavy atom. The van der Waals surface area contributed by atoms with Crippen molar-refractivity contribution in [2.75, 3.05) is 19.6 Å². The van der Waals surface area contributed by atoms with Gasteiger partial charge in [0.1, 0.15) is 5.69 Å². The van der Waals surface area contributed by atoms with Gasteiger partial charge in [-0.15, -0.1) is 0 Å². The number of carbonyl (C=O) groups excluding carboxylic acids is 1. The van der Waals surface area contributed by atoms with E-state index >= 15 is 0 Å². The van der Waals surface area contributed by atoms with Gasteiger partial charge in [-0.25, -0.2) is 0 Å². The number of hydrogen-bond acceptors (Lipinski definition) is 3. The van der Waals surface area contributed by atoms with E-state index in [1.54, 1.807) is 24.3 Å². The van der Waals surface area contributed by atoms with E-state index in [-0.39, 0.29) is 18.3 Å². The number of aromatic nitrogens is 2. The number of hydrogen-bond donors (Lipinski definition) is 1. The van der Waals surface area contributed by atoms with Crippen molar-refractivity contribution in [3.63, 3.8) is 0 Å². The first-order valence-corrected chi connectivity index (χ1v) is 9.40. The normalized spacial score (nSPS) is 12.0. The van der Waals surface area contributed by atoms with Crippen LogP contribution in [0, 0.1) is 0 Å². The van der Waals surface area contributed by atoms with Gasteiger partial charge in [0, 0.05) is 36.8 Å². The molecule has 2 aromatic rings. The largest absolute Gasteiger partial charge is 0.435 e. The summed E-state index contributed by atoms with van der Waals surface area (Å²) in [6.45, 7) is 8.04. The summed E-state index contributed by atoms with van der Waals surface area (Å²) in [5.74, 6) is -0.553. The number of likely N-dealkylation sites (N-methyl/N-ethyl adjacent to an activating group) is 1. The molecular weight excluding hydrogens is 393 g/mol. The highest BCUT2D eigenvalue weighted by molar-refractivity contribution is 6.31. The number of H-pyrrole nitrogens is 1. The number of nitrogens with zero attached hydrogens (tertiary/aromatic N) is 3. The predicted octanol–water partition coefficient (Wildman–Crippen LogP) is 4.45. The minimum Gasteiger partial charge on any atom is -0.332 e. The molecule has 2 rings (SSSR count). The maximum atomic E-state index is 12.9. The van der Waals surface area contributed by atoms with Crippen molar-refractivity contribution in [1.82, 2.24) is 20.0 Å². The number of rotatable bonds is 8. The van der Waals surface area contributed by atoms with Crippen LogP contribution in [0.5, 0.6) is 0 Å². The maximum absolute atomic E-state index is 12.9. The molecule has 1 N–H and O–H groups in total. The number of aromatic amines is 1. The Hall–Kier alpha value is -2.06. The molecular formula is C19H24ClF3N4O. The van der Waals surface area contributed by atoms with Crippen molar-refractivity contribution in [3.8, 4) is 0 Å². The summed E-state index contributed by atoms with van der Waals surface area (Å²) in [5.41, 5.74) is -0.599. The summed E-state index contributed by atoms with van der Waals surface area (Å²) >= 11 is 6.21. The van der Waals surface area contributed by atoms with Crippen LogP contribution in [-0.2, 0) is 12.7 Å². The molecule has 0 aliphatic rings. The molecule has 1 aromatic carbocycles. The lowest BCUT2D eigenvalue weighted by Gasteiger charge is -2.29. The third-order valence-electron chi connectivity index (χ3n) is 4.50. The van der Waals surface area contributed by atoms with Gasteiger partial charge in [-0.2, -0.15) is 18.3 Å². The molecule has 1 amide bonds. The lowest BCUT2D eigenvalue weighted by molar-refractivity contribution is -0.141. The zero-order valence-electron chi connectivity index (χ0n) is 16.1. The second kappa shape index (κ2) is 9.43. The molecule has 1 aromatic heterocycles. The highest BCUT2D eigenvalue weighted by Crippen LogP contribution is 2.28. The molecule has 0 bridgehead atoms. The SMILES string of the molecule is CCN(CCN(Cc1ccccc1Cl)C(=O)c1cc(C(F)(F)F)n[nH]1)C(C)C. The Morgan fingerprint density at radius 1 is 1.25 bits per heavy atom. The molecule has 9 heteroatoms. The van der Waals surface area contributed by atoms with E-state index in [9.17, 15) is 18.0 Å². The molecule has 5 nitrogen and oxygen atoms in total. The van der Waals surface area contributed by atoms with Gasteiger partial charge in [-0.1, -0.05) is 36.7 Å². The summed E-state index contributed by atoms with van der Waals surface area (Å²) < 4.78 is 38.5. The minimum absolute atomic E-state index is 0.189. The van der Waals surface area contributed by atoms with E-state index in [2.05, 4.69) is 15.1 Å². The Labute approximate surface area is 167 Å². The molecule has 28 heavy (non-hydrogen) atoms. The zero-order chi connectivity index (χ0) is 20.9. The van der Waals surface area contributed by atoms with Crippen LogP contribution in [0.25, 0.3) is 0 Å². The summed E-state index contributed by atoms with van der Waals surface area (Å²) in [7, 11) is 0. The summed E-state index contributed by atoms with van der Waals surface area (Å²) in [4.78, 5) is 16.6. The van der Waals surface area contributed by atoms with E-state index in [1.807, 2.05) is 20.8 Å². The summed E-state index contributed by atoms with van der Waals surface area (Å²) in [6.07, 6.45) is -4.61. The number of nitrogens with one attached hydrogen (secondary N) is 1. The molecule has 0 fully saturated rings. The van der Waals surface area contributed by atoms with Crippen LogP contribution in [0.2, 0.25) is 5.02 Å². The van der Waals surface area contributed by atoms with Crippen LogP contribution in [-0.4, -0.2) is 51.6 Å². The van der Waals surface area contributed by atoms with Crippen LogP contribution in [0.3, 0.4) is 0 Å². The van der Waals surface area contributed by atoms with Crippen molar-refractivity contribution in [1.29, 1.82) is 0 Å². The van der Waals surface area contributed by atoms with Crippen LogP contribution in [0.1, 0.15) is 42.5 Å². The predicted molar refractivity (Wildman–Crippen MR) is 102 cm³/mol. The molecule has 0 atom stereocenters. The molecule has 0 radical (unpaired) electrons. The Morgan fingerprint density at radius 3 is 2.46 bits per heavy atom. The van der Waals surface area contributed by atoms with E-state index in [0.717, 1.165) is 18.2 Å². The monoisotopic (exact) mass is 416 g/mol. The number of carbonyl (C=O) groups is 1. The maximum Gasteiger partial charge on any atom is 0.435 e. The van der Waals surface area contributed by atoms with Gasteiger partial charge in [0.25, 0.3) is 5.91 Å². The third kappa shape index (κ3) is 5.72. The van der Waals surface area contributed by atoms with Gasteiger partial charge in [0.2, 0.25) is 0 Å². The molecule has 0 aliphatic carbocycles. The topological polar surface area (TPSA) is 52.2 Å². The van der Waals surface area contributed by atoms with Gasteiger partial charge in [0.15, 0.2) is 5.69 Å². The lowest BCUT2D eigenvalue weighted by Crippen LogP contribution is -2.41. The van der Waals surface area contributed by atoms with Crippen molar-refractivity contribution in [2.24, 2.45) is 0 Å². The second-order valence-corrected chi connectivity index (χ2v) is 7.11. The molecule has 0 saturated heterocycles. The van der Waals surface area contributed by atoms with Gasteiger partial charge in [-0.3, -0.25) is 14.8 Å². The van der Waals surface area contributed by atoms with Crippen molar-refractivity contribution in [2.45, 2.75) is 39.5 Å². The first-order valence-electron chi connectivity index (χ1n) is 9.02. The lowest BCUT2D eigenvalue weighted by atomic mass is 10.2. The fourth-order valence-electron chi connectivity index (χ4n) is 2.86. The Bertz CT molecular complexity index is 791. The highest BCUT2D eigenvalue weighted by Gasteiger charge is 2.35. The van der Waals surface area contributed by atoms with Crippen molar-refractivity contribution < 1.29 is 18.0 Å². The van der Waals surface area contributed by atoms with E-state index in [1.165, 1.54) is 4.90 Å². The molecule has 0 saturated carbocycles. The van der Waals surface area contributed by atoms with Gasteiger partial charge >= 0.3 is 6.18 Å². The number of amides is 1. The smallest absolute Gasteiger partial charge is 0.332 e. The fourth-order valence-corrected chi connectivity index (χ4v) is 3.06. The summed E-state index contributed by atoms with van der Waals surface area (Å²) in [5, 5.41) is 5.93. The standard InChI is InChI=1S/C19H24ClF3N4O/c1-4-26(13(2)3)9-10-27(12-14-7-5-6-8-15(14)20)18(28)16-11-17(25-24-16)19(21,22)23/h5-8,11,13H,4,9-10,12H2,1-3H3,(H,24,25). The average molecular weight is 417 g/mol. The van der Waals surface area contributed by atoms with E-state index in [0.29, 0.717) is 18.1 Å². The highest BCUT2D eigenvalue weighted by atomic mass is 35.5. The average Bonchev–Trinajstić information content (AvgIpc) is 3.12. The molecule has 0 aliphatic heterocycles. The number of halogens is 4. The van der Waals surface area contributed by atoms with Crippen LogP contribution in [0.15, 0.2) is 30.3 Å². The molecule has 154 valence electrons. The summed E-state index contributed by atoms with van der Waals surface area (Å²) in [6, 6.07) is 8.10. The first-order chi connectivity index (χ1) is 13.1. The molecule has 0 unspecified atom stereocenters. The van der Waals surface area contributed by atoms with Crippen LogP contribution >= 0.6 is 11.6 Å². The zero-order valence-corrected chi connectivity index (χ0v) is 16.8. The third-order valence-corrected chi connectivity index (χ3v) is 4.87. The minimum atomic E-state index is -4.61. The first kappa shape index (κ1) is 22.2. The second-order valence-electron chi connectivity index (χ2n) is 6.71. The number of benzene rings is 1. The van der Waals surface area contributed by atoms with Crippen molar-refractivity contribution >= 4 is 17.5 Å². The van der Waals surface area contributed by atoms with Gasteiger partial charge in [-0.05, 0) is 32.0 Å². The van der Waals surface area contributed by atoms with Crippen LogP contribution < -0.4 is 0 Å². The van der Waals surface area contributed by atoms with Gasteiger partial charge in [0.05, 0.1) is 0 Å². The fraction of sp³-hybridized carbons (Fsp3) is 0.474. The molecule has 0 spiro atoms. The Kier molecular flexibility index (Phi) is 7.48. The van der Waals surface area contributed by atoms with E-state index < -0.39 is 17.8 Å². The van der Waals surface area contributed by atoms with E-state index in [4.69, 9.17) is 11.6 Å². The van der Waals surface area contributed by atoms with Crippen LogP contribution in [0.4, 0.5) is 13.2 Å². The quantitative estimate of drug-likeness (QED) is 0.691.